The molecule has 18 heavy (non-hydrogen) atoms. The molecule has 0 spiro atoms. The fraction of sp³-hybridized carbons (Fsp3) is 0.400. The van der Waals surface area contributed by atoms with E-state index >= 15 is 0 Å². The molecule has 1 rings (SSSR count). The molecule has 0 heterocycles. The lowest BCUT2D eigenvalue weighted by Crippen LogP contribution is -2.30. The van der Waals surface area contributed by atoms with Crippen molar-refractivity contribution in [3.05, 3.63) is 42.5 Å². The fourth-order valence-corrected chi connectivity index (χ4v) is 1.72. The van der Waals surface area contributed by atoms with E-state index in [1.54, 1.807) is 6.08 Å². The van der Waals surface area contributed by atoms with Crippen LogP contribution in [0.4, 0.5) is 5.69 Å². The van der Waals surface area contributed by atoms with Gasteiger partial charge in [0.15, 0.2) is 0 Å². The zero-order chi connectivity index (χ0) is 13.6. The molecule has 1 aromatic carbocycles. The summed E-state index contributed by atoms with van der Waals surface area (Å²) in [5, 5.41) is 5.92. The van der Waals surface area contributed by atoms with E-state index in [-0.39, 0.29) is 17.9 Å². The minimum absolute atomic E-state index is 0.0291. The minimum Gasteiger partial charge on any atom is -0.376 e. The van der Waals surface area contributed by atoms with Crippen LogP contribution in [0.25, 0.3) is 0 Å². The van der Waals surface area contributed by atoms with E-state index in [0.717, 1.165) is 5.69 Å². The Kier molecular flexibility index (Phi) is 4.95. The molecule has 0 saturated heterocycles. The summed E-state index contributed by atoms with van der Waals surface area (Å²) in [6, 6.07) is 8.08. The zero-order valence-electron chi connectivity index (χ0n) is 11.4. The first-order valence-electron chi connectivity index (χ1n) is 6.16. The van der Waals surface area contributed by atoms with Crippen LogP contribution >= 0.6 is 0 Å². The second kappa shape index (κ2) is 6.24. The monoisotopic (exact) mass is 246 g/mol. The Labute approximate surface area is 109 Å². The third kappa shape index (κ3) is 4.24. The highest BCUT2D eigenvalue weighted by Crippen LogP contribution is 2.28. The lowest BCUT2D eigenvalue weighted by molar-refractivity contribution is -0.119. The van der Waals surface area contributed by atoms with Crippen molar-refractivity contribution in [2.45, 2.75) is 26.2 Å². The van der Waals surface area contributed by atoms with Crippen LogP contribution in [0, 0.1) is 0 Å². The van der Waals surface area contributed by atoms with Crippen LogP contribution in [-0.4, -0.2) is 19.0 Å². The van der Waals surface area contributed by atoms with E-state index in [2.05, 4.69) is 44.1 Å². The first-order chi connectivity index (χ1) is 8.45. The molecule has 0 radical (unpaired) electrons. The average Bonchev–Trinajstić information content (AvgIpc) is 2.33. The van der Waals surface area contributed by atoms with Crippen molar-refractivity contribution < 1.29 is 4.79 Å². The first kappa shape index (κ1) is 14.3. The van der Waals surface area contributed by atoms with Crippen LogP contribution in [0.1, 0.15) is 26.3 Å². The number of carbonyl (C=O) groups excluding carboxylic acids is 1. The highest BCUT2D eigenvalue weighted by Gasteiger charge is 2.17. The van der Waals surface area contributed by atoms with Gasteiger partial charge < -0.3 is 10.6 Å². The molecule has 2 N–H and O–H groups in total. The zero-order valence-corrected chi connectivity index (χ0v) is 11.4. The summed E-state index contributed by atoms with van der Waals surface area (Å²) >= 11 is 0. The smallest absolute Gasteiger partial charge is 0.239 e. The second-order valence-corrected chi connectivity index (χ2v) is 5.24. The van der Waals surface area contributed by atoms with E-state index in [1.165, 1.54) is 5.56 Å². The molecule has 98 valence electrons. The van der Waals surface area contributed by atoms with Crippen LogP contribution < -0.4 is 10.6 Å². The number of hydrogen-bond acceptors (Lipinski definition) is 2. The molecule has 1 amide bonds. The van der Waals surface area contributed by atoms with Gasteiger partial charge in [0.1, 0.15) is 0 Å². The Balaban J connectivity index is 2.68. The highest BCUT2D eigenvalue weighted by atomic mass is 16.1. The number of para-hydroxylation sites is 1. The molecular weight excluding hydrogens is 224 g/mol. The molecule has 0 aliphatic heterocycles. The van der Waals surface area contributed by atoms with Gasteiger partial charge in [-0.05, 0) is 17.0 Å². The molecule has 0 bridgehead atoms. The number of carbonyl (C=O) groups is 1. The number of hydrogen-bond donors (Lipinski definition) is 2. The Bertz CT molecular complexity index is 419. The minimum atomic E-state index is -0.0291. The molecule has 3 heteroatoms. The summed E-state index contributed by atoms with van der Waals surface area (Å²) in [6.45, 7) is 10.8. The van der Waals surface area contributed by atoms with Crippen molar-refractivity contribution in [3.63, 3.8) is 0 Å². The molecule has 0 aliphatic rings. The van der Waals surface area contributed by atoms with E-state index in [0.29, 0.717) is 6.54 Å². The topological polar surface area (TPSA) is 41.1 Å². The van der Waals surface area contributed by atoms with Crippen molar-refractivity contribution in [1.29, 1.82) is 0 Å². The predicted octanol–water partition coefficient (Wildman–Crippen LogP) is 2.70. The third-order valence-corrected chi connectivity index (χ3v) is 2.62. The SMILES string of the molecule is C=CCNC(=O)CNc1ccccc1C(C)(C)C. The van der Waals surface area contributed by atoms with E-state index in [4.69, 9.17) is 0 Å². The summed E-state index contributed by atoms with van der Waals surface area (Å²) < 4.78 is 0. The molecule has 1 aromatic rings. The second-order valence-electron chi connectivity index (χ2n) is 5.24. The maximum atomic E-state index is 11.5. The molecule has 0 aromatic heterocycles. The molecule has 0 atom stereocenters. The Morgan fingerprint density at radius 1 is 1.33 bits per heavy atom. The van der Waals surface area contributed by atoms with Gasteiger partial charge in [0, 0.05) is 12.2 Å². The molecular formula is C15H22N2O. The van der Waals surface area contributed by atoms with Crippen molar-refractivity contribution in [1.82, 2.24) is 5.32 Å². The van der Waals surface area contributed by atoms with Crippen molar-refractivity contribution in [2.75, 3.05) is 18.4 Å². The molecule has 0 aliphatic carbocycles. The van der Waals surface area contributed by atoms with Crippen molar-refractivity contribution >= 4 is 11.6 Å². The Morgan fingerprint density at radius 3 is 2.61 bits per heavy atom. The van der Waals surface area contributed by atoms with Gasteiger partial charge in [-0.3, -0.25) is 4.79 Å². The van der Waals surface area contributed by atoms with Crippen molar-refractivity contribution in [3.8, 4) is 0 Å². The lowest BCUT2D eigenvalue weighted by atomic mass is 9.86. The largest absolute Gasteiger partial charge is 0.376 e. The van der Waals surface area contributed by atoms with E-state index in [1.807, 2.05) is 18.2 Å². The molecule has 3 nitrogen and oxygen atoms in total. The number of benzene rings is 1. The van der Waals surface area contributed by atoms with Gasteiger partial charge in [-0.2, -0.15) is 0 Å². The lowest BCUT2D eigenvalue weighted by Gasteiger charge is -2.23. The van der Waals surface area contributed by atoms with Gasteiger partial charge in [0.2, 0.25) is 5.91 Å². The van der Waals surface area contributed by atoms with Crippen LogP contribution in [-0.2, 0) is 10.2 Å². The summed E-state index contributed by atoms with van der Waals surface area (Å²) in [5.74, 6) is -0.0291. The maximum absolute atomic E-state index is 11.5. The van der Waals surface area contributed by atoms with Crippen LogP contribution in [0.3, 0.4) is 0 Å². The Morgan fingerprint density at radius 2 is 2.00 bits per heavy atom. The van der Waals surface area contributed by atoms with Crippen LogP contribution in [0.15, 0.2) is 36.9 Å². The van der Waals surface area contributed by atoms with Gasteiger partial charge in [-0.15, -0.1) is 6.58 Å². The predicted molar refractivity (Wildman–Crippen MR) is 76.8 cm³/mol. The molecule has 0 saturated carbocycles. The summed E-state index contributed by atoms with van der Waals surface area (Å²) in [5.41, 5.74) is 2.28. The van der Waals surface area contributed by atoms with Crippen LogP contribution in [0.5, 0.6) is 0 Å². The number of anilines is 1. The van der Waals surface area contributed by atoms with Gasteiger partial charge in [0.25, 0.3) is 0 Å². The summed E-state index contributed by atoms with van der Waals surface area (Å²) in [6.07, 6.45) is 1.67. The van der Waals surface area contributed by atoms with Gasteiger partial charge >= 0.3 is 0 Å². The highest BCUT2D eigenvalue weighted by molar-refractivity contribution is 5.81. The third-order valence-electron chi connectivity index (χ3n) is 2.62. The number of nitrogens with one attached hydrogen (secondary N) is 2. The van der Waals surface area contributed by atoms with E-state index < -0.39 is 0 Å². The van der Waals surface area contributed by atoms with Crippen molar-refractivity contribution in [2.24, 2.45) is 0 Å². The van der Waals surface area contributed by atoms with Gasteiger partial charge in [0.05, 0.1) is 6.54 Å². The standard InChI is InChI=1S/C15H22N2O/c1-5-10-16-14(18)11-17-13-9-7-6-8-12(13)15(2,3)4/h5-9,17H,1,10-11H2,2-4H3,(H,16,18). The Hall–Kier alpha value is -1.77. The first-order valence-corrected chi connectivity index (χ1v) is 6.16. The van der Waals surface area contributed by atoms with Gasteiger partial charge in [-0.25, -0.2) is 0 Å². The number of rotatable bonds is 5. The molecule has 0 fully saturated rings. The number of amides is 1. The maximum Gasteiger partial charge on any atom is 0.239 e. The quantitative estimate of drug-likeness (QED) is 0.784. The normalized spacial score (nSPS) is 10.8. The fourth-order valence-electron chi connectivity index (χ4n) is 1.72. The summed E-state index contributed by atoms with van der Waals surface area (Å²) in [4.78, 5) is 11.5. The molecule has 0 unspecified atom stereocenters. The van der Waals surface area contributed by atoms with Crippen LogP contribution in [0.2, 0.25) is 0 Å². The van der Waals surface area contributed by atoms with Gasteiger partial charge in [-0.1, -0.05) is 45.0 Å². The average molecular weight is 246 g/mol. The summed E-state index contributed by atoms with van der Waals surface area (Å²) in [7, 11) is 0. The van der Waals surface area contributed by atoms with E-state index in [9.17, 15) is 4.79 Å².